The summed E-state index contributed by atoms with van der Waals surface area (Å²) in [6.45, 7) is 11.1. The molecule has 1 aliphatic carbocycles. The van der Waals surface area contributed by atoms with Crippen molar-refractivity contribution < 1.29 is 9.59 Å². The van der Waals surface area contributed by atoms with Crippen LogP contribution in [0.25, 0.3) is 0 Å². The molecule has 7 heteroatoms. The van der Waals surface area contributed by atoms with E-state index >= 15 is 0 Å². The highest BCUT2D eigenvalue weighted by Crippen LogP contribution is 2.28. The number of allylic oxidation sites excluding steroid dienone is 1. The molecule has 1 unspecified atom stereocenters. The Morgan fingerprint density at radius 2 is 1.96 bits per heavy atom. The van der Waals surface area contributed by atoms with Gasteiger partial charge in [-0.3, -0.25) is 4.79 Å². The lowest BCUT2D eigenvalue weighted by atomic mass is 10.0. The molecule has 2 rings (SSSR count). The summed E-state index contributed by atoms with van der Waals surface area (Å²) in [4.78, 5) is 29.3. The first-order chi connectivity index (χ1) is 13.4. The Balaban J connectivity index is 1.98. The molecule has 1 aliphatic heterocycles. The fraction of sp³-hybridized carbons (Fsp3) is 0.619. The lowest BCUT2D eigenvalue weighted by Crippen LogP contribution is -2.51. The van der Waals surface area contributed by atoms with E-state index in [2.05, 4.69) is 18.5 Å². The topological polar surface area (TPSA) is 78.7 Å². The molecule has 1 heterocycles. The standard InChI is InChI=1S/C21H34N4O2S/c1-4-14-28-17(3)23-20(26)19-10-7-12-25(19)21(27)24(15-16(2)22)13-11-18-8-5-6-9-18/h4,14,18-19H,2-3,5-13,15,22H2,1H3,(H,23,26)/b14-4-. The third-order valence-corrected chi connectivity index (χ3v) is 6.15. The smallest absolute Gasteiger partial charge is 0.321 e. The van der Waals surface area contributed by atoms with Crippen molar-refractivity contribution in [1.82, 2.24) is 15.1 Å². The van der Waals surface area contributed by atoms with Crippen LogP contribution in [0.1, 0.15) is 51.9 Å². The summed E-state index contributed by atoms with van der Waals surface area (Å²) in [6.07, 6.45) is 9.41. The highest BCUT2D eigenvalue weighted by molar-refractivity contribution is 8.05. The van der Waals surface area contributed by atoms with Crippen molar-refractivity contribution in [2.75, 3.05) is 19.6 Å². The fourth-order valence-electron chi connectivity index (χ4n) is 3.98. The second-order valence-electron chi connectivity index (χ2n) is 7.65. The van der Waals surface area contributed by atoms with Gasteiger partial charge in [-0.1, -0.05) is 56.7 Å². The van der Waals surface area contributed by atoms with Crippen LogP contribution >= 0.6 is 11.8 Å². The summed E-state index contributed by atoms with van der Waals surface area (Å²) in [7, 11) is 0. The zero-order valence-corrected chi connectivity index (χ0v) is 17.8. The Hall–Kier alpha value is -1.89. The molecule has 0 radical (unpaired) electrons. The third kappa shape index (κ3) is 6.62. The molecule has 2 fully saturated rings. The minimum absolute atomic E-state index is 0.117. The largest absolute Gasteiger partial charge is 0.401 e. The number of nitrogens with one attached hydrogen (secondary N) is 1. The maximum absolute atomic E-state index is 13.2. The first-order valence-corrected chi connectivity index (χ1v) is 11.1. The Bertz CT molecular complexity index is 614. The van der Waals surface area contributed by atoms with Gasteiger partial charge in [0.05, 0.1) is 11.6 Å². The van der Waals surface area contributed by atoms with E-state index in [1.54, 1.807) is 9.80 Å². The molecule has 6 nitrogen and oxygen atoms in total. The number of nitrogens with zero attached hydrogens (tertiary/aromatic N) is 2. The molecule has 0 spiro atoms. The van der Waals surface area contributed by atoms with Gasteiger partial charge >= 0.3 is 6.03 Å². The van der Waals surface area contributed by atoms with Gasteiger partial charge in [0, 0.05) is 18.8 Å². The van der Waals surface area contributed by atoms with Crippen LogP contribution in [0, 0.1) is 5.92 Å². The summed E-state index contributed by atoms with van der Waals surface area (Å²) in [5.74, 6) is 0.515. The lowest BCUT2D eigenvalue weighted by molar-refractivity contribution is -0.123. The number of thioether (sulfide) groups is 1. The molecule has 0 aromatic rings. The number of rotatable bonds is 9. The molecule has 0 aromatic carbocycles. The van der Waals surface area contributed by atoms with Crippen molar-refractivity contribution in [3.8, 4) is 0 Å². The van der Waals surface area contributed by atoms with Crippen LogP contribution in [-0.4, -0.2) is 47.4 Å². The van der Waals surface area contributed by atoms with E-state index < -0.39 is 6.04 Å². The van der Waals surface area contributed by atoms with Crippen molar-refractivity contribution in [3.05, 3.63) is 35.4 Å². The minimum Gasteiger partial charge on any atom is -0.401 e. The average molecular weight is 407 g/mol. The molecular formula is C21H34N4O2S. The van der Waals surface area contributed by atoms with E-state index in [0.717, 1.165) is 12.8 Å². The average Bonchev–Trinajstić information content (AvgIpc) is 3.34. The van der Waals surface area contributed by atoms with Crippen LogP contribution in [0.4, 0.5) is 4.79 Å². The van der Waals surface area contributed by atoms with E-state index in [4.69, 9.17) is 5.73 Å². The molecule has 3 N–H and O–H groups in total. The second kappa shape index (κ2) is 11.2. The number of amides is 3. The van der Waals surface area contributed by atoms with Gasteiger partial charge < -0.3 is 20.9 Å². The van der Waals surface area contributed by atoms with Gasteiger partial charge in [-0.25, -0.2) is 4.79 Å². The van der Waals surface area contributed by atoms with Crippen LogP contribution in [0.5, 0.6) is 0 Å². The number of carbonyl (C=O) groups is 2. The molecule has 1 atom stereocenters. The third-order valence-electron chi connectivity index (χ3n) is 5.36. The SMILES string of the molecule is C=C(N)CN(CCC1CCCC1)C(=O)N1CCCC1C(=O)NC(=C)S/C=C\C. The monoisotopic (exact) mass is 406 g/mol. The molecule has 2 aliphatic rings. The van der Waals surface area contributed by atoms with Crippen molar-refractivity contribution in [3.63, 3.8) is 0 Å². The fourth-order valence-corrected chi connectivity index (χ4v) is 4.44. The molecule has 28 heavy (non-hydrogen) atoms. The van der Waals surface area contributed by atoms with Crippen LogP contribution in [0.15, 0.2) is 35.4 Å². The number of urea groups is 1. The van der Waals surface area contributed by atoms with Crippen LogP contribution < -0.4 is 11.1 Å². The number of hydrogen-bond donors (Lipinski definition) is 2. The molecular weight excluding hydrogens is 372 g/mol. The molecule has 0 aromatic heterocycles. The van der Waals surface area contributed by atoms with Crippen molar-refractivity contribution in [1.29, 1.82) is 0 Å². The quantitative estimate of drug-likeness (QED) is 0.611. The second-order valence-corrected chi connectivity index (χ2v) is 8.65. The van der Waals surface area contributed by atoms with Crippen molar-refractivity contribution in [2.45, 2.75) is 57.9 Å². The number of hydrogen-bond acceptors (Lipinski definition) is 4. The summed E-state index contributed by atoms with van der Waals surface area (Å²) >= 11 is 1.36. The summed E-state index contributed by atoms with van der Waals surface area (Å²) in [5, 5.41) is 5.25. The molecule has 1 saturated carbocycles. The predicted molar refractivity (Wildman–Crippen MR) is 116 cm³/mol. The Morgan fingerprint density at radius 3 is 2.61 bits per heavy atom. The number of nitrogens with two attached hydrogens (primary N) is 1. The van der Waals surface area contributed by atoms with Gasteiger partial charge in [0.15, 0.2) is 0 Å². The zero-order chi connectivity index (χ0) is 20.5. The van der Waals surface area contributed by atoms with Gasteiger partial charge in [-0.15, -0.1) is 0 Å². The Kier molecular flexibility index (Phi) is 8.96. The van der Waals surface area contributed by atoms with E-state index in [9.17, 15) is 9.59 Å². The molecule has 3 amide bonds. The van der Waals surface area contributed by atoms with E-state index in [1.165, 1.54) is 37.4 Å². The van der Waals surface area contributed by atoms with Gasteiger partial charge in [-0.05, 0) is 37.5 Å². The summed E-state index contributed by atoms with van der Waals surface area (Å²) < 4.78 is 0. The predicted octanol–water partition coefficient (Wildman–Crippen LogP) is 3.78. The van der Waals surface area contributed by atoms with Crippen LogP contribution in [0.3, 0.4) is 0 Å². The number of likely N-dealkylation sites (tertiary alicyclic amines) is 1. The van der Waals surface area contributed by atoms with E-state index in [0.29, 0.717) is 42.7 Å². The van der Waals surface area contributed by atoms with Crippen LogP contribution in [-0.2, 0) is 4.79 Å². The highest BCUT2D eigenvalue weighted by atomic mass is 32.2. The summed E-state index contributed by atoms with van der Waals surface area (Å²) in [5.41, 5.74) is 6.28. The van der Waals surface area contributed by atoms with Gasteiger partial charge in [0.2, 0.25) is 5.91 Å². The normalized spacial score (nSPS) is 19.9. The maximum atomic E-state index is 13.2. The first kappa shape index (κ1) is 22.4. The Morgan fingerprint density at radius 1 is 1.25 bits per heavy atom. The van der Waals surface area contributed by atoms with Gasteiger partial charge in [0.25, 0.3) is 0 Å². The molecule has 156 valence electrons. The van der Waals surface area contributed by atoms with Crippen molar-refractivity contribution in [2.24, 2.45) is 11.7 Å². The minimum atomic E-state index is -0.463. The van der Waals surface area contributed by atoms with Gasteiger partial charge in [-0.2, -0.15) is 0 Å². The molecule has 0 bridgehead atoms. The lowest BCUT2D eigenvalue weighted by Gasteiger charge is -2.32. The molecule has 1 saturated heterocycles. The maximum Gasteiger partial charge on any atom is 0.321 e. The Labute approximate surface area is 173 Å². The van der Waals surface area contributed by atoms with E-state index in [1.807, 2.05) is 18.4 Å². The van der Waals surface area contributed by atoms with E-state index in [-0.39, 0.29) is 11.9 Å². The zero-order valence-electron chi connectivity index (χ0n) is 17.0. The highest BCUT2D eigenvalue weighted by Gasteiger charge is 2.36. The number of carbonyl (C=O) groups excluding carboxylic acids is 2. The van der Waals surface area contributed by atoms with Crippen LogP contribution in [0.2, 0.25) is 0 Å². The van der Waals surface area contributed by atoms with Crippen molar-refractivity contribution >= 4 is 23.7 Å². The summed E-state index contributed by atoms with van der Waals surface area (Å²) in [6, 6.07) is -0.579. The van der Waals surface area contributed by atoms with Gasteiger partial charge in [0.1, 0.15) is 6.04 Å². The first-order valence-electron chi connectivity index (χ1n) is 10.2.